The number of ether oxygens (including phenoxy) is 2. The Morgan fingerprint density at radius 2 is 1.94 bits per heavy atom. The van der Waals surface area contributed by atoms with Crippen LogP contribution in [0.15, 0.2) is 42.5 Å². The molecule has 5 nitrogen and oxygen atoms in total. The number of benzene rings is 2. The Balaban J connectivity index is 1.27. The Kier molecular flexibility index (Phi) is 6.05. The van der Waals surface area contributed by atoms with E-state index in [4.69, 9.17) is 9.47 Å². The van der Waals surface area contributed by atoms with Crippen molar-refractivity contribution in [1.29, 1.82) is 0 Å². The molecule has 2 aromatic rings. The largest absolute Gasteiger partial charge is 0.504 e. The molecule has 2 aromatic carbocycles. The van der Waals surface area contributed by atoms with Crippen molar-refractivity contribution >= 4 is 12.0 Å². The van der Waals surface area contributed by atoms with E-state index in [-0.39, 0.29) is 23.1 Å². The highest BCUT2D eigenvalue weighted by atomic mass is 16.5. The number of methoxy groups -OCH3 is 2. The van der Waals surface area contributed by atoms with Crippen molar-refractivity contribution in [2.45, 2.75) is 57.4 Å². The first kappa shape index (κ1) is 22.8. The average molecular weight is 462 g/mol. The van der Waals surface area contributed by atoms with Crippen molar-refractivity contribution in [3.63, 3.8) is 0 Å². The number of rotatable bonds is 5. The number of hydrogen-bond acceptors (Lipinski definition) is 4. The van der Waals surface area contributed by atoms with Crippen molar-refractivity contribution < 1.29 is 19.4 Å². The van der Waals surface area contributed by atoms with Gasteiger partial charge in [0.25, 0.3) is 0 Å². The van der Waals surface area contributed by atoms with Gasteiger partial charge in [0.1, 0.15) is 5.75 Å². The van der Waals surface area contributed by atoms with Crippen molar-refractivity contribution in [3.8, 4) is 17.2 Å². The number of fused-ring (bicyclic) bond motifs is 5. The topological polar surface area (TPSA) is 67.8 Å². The van der Waals surface area contributed by atoms with Crippen LogP contribution in [0.4, 0.5) is 0 Å². The lowest BCUT2D eigenvalue weighted by Gasteiger charge is -2.51. The third kappa shape index (κ3) is 3.95. The van der Waals surface area contributed by atoms with Crippen molar-refractivity contribution in [3.05, 3.63) is 59.2 Å². The number of nitrogens with one attached hydrogen (secondary N) is 1. The summed E-state index contributed by atoms with van der Waals surface area (Å²) in [6.45, 7) is 2.41. The molecular formula is C29H35NO4. The molecule has 3 aliphatic rings. The predicted molar refractivity (Wildman–Crippen MR) is 133 cm³/mol. The van der Waals surface area contributed by atoms with Gasteiger partial charge in [-0.05, 0) is 109 Å². The van der Waals surface area contributed by atoms with E-state index in [0.29, 0.717) is 23.5 Å². The van der Waals surface area contributed by atoms with Crippen LogP contribution in [-0.2, 0) is 11.2 Å². The minimum atomic E-state index is -0.0536. The zero-order chi connectivity index (χ0) is 23.9. The molecule has 0 saturated heterocycles. The van der Waals surface area contributed by atoms with Crippen LogP contribution in [0.25, 0.3) is 6.08 Å². The first-order chi connectivity index (χ1) is 16.4. The van der Waals surface area contributed by atoms with Crippen LogP contribution in [0.2, 0.25) is 0 Å². The summed E-state index contributed by atoms with van der Waals surface area (Å²) in [4.78, 5) is 12.8. The van der Waals surface area contributed by atoms with E-state index in [0.717, 1.165) is 30.6 Å². The van der Waals surface area contributed by atoms with Gasteiger partial charge in [-0.2, -0.15) is 0 Å². The molecule has 34 heavy (non-hydrogen) atoms. The van der Waals surface area contributed by atoms with Crippen LogP contribution in [0.5, 0.6) is 17.2 Å². The zero-order valence-electron chi connectivity index (χ0n) is 20.3. The molecule has 0 bridgehead atoms. The lowest BCUT2D eigenvalue weighted by molar-refractivity contribution is -0.118. The highest BCUT2D eigenvalue weighted by Crippen LogP contribution is 2.61. The minimum absolute atomic E-state index is 0.0536. The van der Waals surface area contributed by atoms with Gasteiger partial charge < -0.3 is 19.9 Å². The highest BCUT2D eigenvalue weighted by Gasteiger charge is 2.55. The lowest BCUT2D eigenvalue weighted by Crippen LogP contribution is -2.49. The maximum atomic E-state index is 12.8. The van der Waals surface area contributed by atoms with Gasteiger partial charge in [0.2, 0.25) is 5.91 Å². The van der Waals surface area contributed by atoms with E-state index >= 15 is 0 Å². The normalized spacial score (nSPS) is 29.7. The summed E-state index contributed by atoms with van der Waals surface area (Å²) >= 11 is 0. The molecule has 0 heterocycles. The number of aryl methyl sites for hydroxylation is 1. The Morgan fingerprint density at radius 1 is 1.09 bits per heavy atom. The summed E-state index contributed by atoms with van der Waals surface area (Å²) in [6.07, 6.45) is 10.3. The van der Waals surface area contributed by atoms with E-state index in [2.05, 4.69) is 30.4 Å². The third-order valence-electron chi connectivity index (χ3n) is 8.88. The zero-order valence-corrected chi connectivity index (χ0v) is 20.3. The number of aromatic hydroxyl groups is 1. The van der Waals surface area contributed by atoms with Gasteiger partial charge in [-0.25, -0.2) is 0 Å². The Hall–Kier alpha value is -2.95. The number of phenolic OH excluding ortho intramolecular Hbond substituents is 1. The highest BCUT2D eigenvalue weighted by molar-refractivity contribution is 5.92. The quantitative estimate of drug-likeness (QED) is 0.580. The van der Waals surface area contributed by atoms with E-state index in [1.165, 1.54) is 37.5 Å². The second-order valence-corrected chi connectivity index (χ2v) is 10.4. The summed E-state index contributed by atoms with van der Waals surface area (Å²) in [5, 5.41) is 13.1. The smallest absolute Gasteiger partial charge is 0.244 e. The monoisotopic (exact) mass is 461 g/mol. The SMILES string of the molecule is COc1ccc2c(c1)CC[C@@H]1[C@@H]2CC[C@]2(C)[C@@H](NC(=O)/C=C/c3ccc(O)c(OC)c3)CC[C@@H]12. The molecule has 180 valence electrons. The van der Waals surface area contributed by atoms with Gasteiger partial charge in [-0.1, -0.05) is 19.1 Å². The van der Waals surface area contributed by atoms with Crippen molar-refractivity contribution in [1.82, 2.24) is 5.32 Å². The molecule has 0 unspecified atom stereocenters. The van der Waals surface area contributed by atoms with Crippen molar-refractivity contribution in [2.75, 3.05) is 14.2 Å². The van der Waals surface area contributed by atoms with E-state index < -0.39 is 0 Å². The molecule has 0 radical (unpaired) electrons. The Labute approximate surface area is 202 Å². The molecular weight excluding hydrogens is 426 g/mol. The average Bonchev–Trinajstić information content (AvgIpc) is 3.18. The fourth-order valence-electron chi connectivity index (χ4n) is 7.11. The summed E-state index contributed by atoms with van der Waals surface area (Å²) < 4.78 is 10.6. The number of carbonyl (C=O) groups is 1. The summed E-state index contributed by atoms with van der Waals surface area (Å²) in [7, 11) is 3.26. The molecule has 5 rings (SSSR count). The summed E-state index contributed by atoms with van der Waals surface area (Å²) in [5.74, 6) is 3.37. The predicted octanol–water partition coefficient (Wildman–Crippen LogP) is 5.46. The first-order valence-electron chi connectivity index (χ1n) is 12.5. The standard InChI is InChI=1S/C29H35NO4/c1-29-15-14-22-21-9-7-20(33-2)17-19(21)6-8-23(22)24(29)10-12-27(29)30-28(32)13-5-18-4-11-25(31)26(16-18)34-3/h4-5,7,9,11,13,16-17,22-24,27,31H,6,8,10,12,14-15H2,1-3H3,(H,30,32)/b13-5+/t22-,23-,24+,27+,29+/m1/s1. The molecule has 5 heteroatoms. The molecule has 2 N–H and O–H groups in total. The lowest BCUT2D eigenvalue weighted by atomic mass is 9.55. The molecule has 0 aliphatic heterocycles. The minimum Gasteiger partial charge on any atom is -0.504 e. The van der Waals surface area contributed by atoms with Gasteiger partial charge >= 0.3 is 0 Å². The van der Waals surface area contributed by atoms with E-state index in [1.807, 2.05) is 0 Å². The van der Waals surface area contributed by atoms with Gasteiger partial charge in [0.05, 0.1) is 14.2 Å². The number of phenols is 1. The number of carbonyl (C=O) groups excluding carboxylic acids is 1. The summed E-state index contributed by atoms with van der Waals surface area (Å²) in [6, 6.07) is 11.9. The third-order valence-corrected chi connectivity index (χ3v) is 8.88. The molecule has 3 aliphatic carbocycles. The molecule has 1 amide bonds. The van der Waals surface area contributed by atoms with E-state index in [9.17, 15) is 9.90 Å². The number of amides is 1. The molecule has 2 fully saturated rings. The van der Waals surface area contributed by atoms with Crippen LogP contribution >= 0.6 is 0 Å². The molecule has 2 saturated carbocycles. The fraction of sp³-hybridized carbons (Fsp3) is 0.483. The summed E-state index contributed by atoms with van der Waals surface area (Å²) in [5.41, 5.74) is 3.95. The number of hydrogen-bond donors (Lipinski definition) is 2. The van der Waals surface area contributed by atoms with Crippen LogP contribution in [0.1, 0.15) is 61.6 Å². The fourth-order valence-corrected chi connectivity index (χ4v) is 7.11. The molecule has 5 atom stereocenters. The van der Waals surface area contributed by atoms with Crippen LogP contribution in [0, 0.1) is 17.3 Å². The second kappa shape index (κ2) is 9.01. The maximum Gasteiger partial charge on any atom is 0.244 e. The Bertz CT molecular complexity index is 1110. The van der Waals surface area contributed by atoms with Gasteiger partial charge in [0.15, 0.2) is 11.5 Å². The van der Waals surface area contributed by atoms with Gasteiger partial charge in [-0.3, -0.25) is 4.79 Å². The van der Waals surface area contributed by atoms with Crippen LogP contribution < -0.4 is 14.8 Å². The molecule has 0 spiro atoms. The van der Waals surface area contributed by atoms with Gasteiger partial charge in [0, 0.05) is 12.1 Å². The maximum absolute atomic E-state index is 12.8. The van der Waals surface area contributed by atoms with Crippen LogP contribution in [0.3, 0.4) is 0 Å². The van der Waals surface area contributed by atoms with Gasteiger partial charge in [-0.15, -0.1) is 0 Å². The molecule has 0 aromatic heterocycles. The van der Waals surface area contributed by atoms with Crippen LogP contribution in [-0.4, -0.2) is 31.3 Å². The van der Waals surface area contributed by atoms with E-state index in [1.54, 1.807) is 37.5 Å². The Morgan fingerprint density at radius 3 is 2.74 bits per heavy atom. The second-order valence-electron chi connectivity index (χ2n) is 10.4. The first-order valence-corrected chi connectivity index (χ1v) is 12.5. The van der Waals surface area contributed by atoms with Crippen molar-refractivity contribution in [2.24, 2.45) is 17.3 Å².